The average Bonchev–Trinajstić information content (AvgIpc) is 3.05. The van der Waals surface area contributed by atoms with Crippen molar-refractivity contribution in [2.75, 3.05) is 32.7 Å². The number of fused-ring (bicyclic) bond motifs is 1. The Bertz CT molecular complexity index is 821. The van der Waals surface area contributed by atoms with Crippen LogP contribution in [0.5, 0.6) is 0 Å². The van der Waals surface area contributed by atoms with Crippen LogP contribution in [0.4, 0.5) is 0 Å². The summed E-state index contributed by atoms with van der Waals surface area (Å²) < 4.78 is 1.64. The van der Waals surface area contributed by atoms with Crippen LogP contribution in [0.3, 0.4) is 0 Å². The fraction of sp³-hybridized carbons (Fsp3) is 0.444. The van der Waals surface area contributed by atoms with Crippen LogP contribution in [0.25, 0.3) is 5.52 Å². The van der Waals surface area contributed by atoms with E-state index in [9.17, 15) is 14.4 Å². The summed E-state index contributed by atoms with van der Waals surface area (Å²) in [5, 5.41) is 2.84. The first-order valence-electron chi connectivity index (χ1n) is 8.75. The normalized spacial score (nSPS) is 14.7. The van der Waals surface area contributed by atoms with Crippen LogP contribution in [-0.4, -0.2) is 70.1 Å². The maximum atomic E-state index is 12.9. The van der Waals surface area contributed by atoms with E-state index in [1.54, 1.807) is 32.5 Å². The fourth-order valence-electron chi connectivity index (χ4n) is 2.91. The maximum absolute atomic E-state index is 12.9. The standard InChI is InChI=1S/C18H23N5O3/c1-13(2)11-19-17(25)16-20-15(14-5-3-4-6-23(14)16)18(26)22-9-7-21(12-24)8-10-22/h3-6,12-13H,7-11H2,1-2H3,(H,19,25). The molecule has 0 unspecified atom stereocenters. The first kappa shape index (κ1) is 17.9. The van der Waals surface area contributed by atoms with E-state index in [0.717, 1.165) is 6.41 Å². The molecule has 2 aromatic rings. The van der Waals surface area contributed by atoms with Gasteiger partial charge in [-0.25, -0.2) is 4.98 Å². The van der Waals surface area contributed by atoms with E-state index < -0.39 is 0 Å². The first-order chi connectivity index (χ1) is 12.5. The van der Waals surface area contributed by atoms with Crippen LogP contribution in [0.1, 0.15) is 35.0 Å². The Morgan fingerprint density at radius 1 is 1.23 bits per heavy atom. The van der Waals surface area contributed by atoms with Crippen molar-refractivity contribution in [2.45, 2.75) is 13.8 Å². The van der Waals surface area contributed by atoms with Gasteiger partial charge >= 0.3 is 0 Å². The molecule has 8 nitrogen and oxygen atoms in total. The number of piperazine rings is 1. The van der Waals surface area contributed by atoms with Gasteiger partial charge in [-0.3, -0.25) is 18.8 Å². The predicted octanol–water partition coefficient (Wildman–Crippen LogP) is 0.634. The molecule has 138 valence electrons. The number of amides is 3. The number of pyridine rings is 1. The number of nitrogens with one attached hydrogen (secondary N) is 1. The topological polar surface area (TPSA) is 87.0 Å². The number of carbonyl (C=O) groups is 3. The summed E-state index contributed by atoms with van der Waals surface area (Å²) in [5.74, 6) is 0.00315. The summed E-state index contributed by atoms with van der Waals surface area (Å²) in [5.41, 5.74) is 0.866. The van der Waals surface area contributed by atoms with Crippen LogP contribution >= 0.6 is 0 Å². The fourth-order valence-corrected chi connectivity index (χ4v) is 2.91. The van der Waals surface area contributed by atoms with Crippen molar-refractivity contribution in [2.24, 2.45) is 5.92 Å². The maximum Gasteiger partial charge on any atom is 0.287 e. The third-order valence-electron chi connectivity index (χ3n) is 4.38. The zero-order valence-corrected chi connectivity index (χ0v) is 15.0. The second kappa shape index (κ2) is 7.55. The van der Waals surface area contributed by atoms with Gasteiger partial charge in [-0.2, -0.15) is 0 Å². The van der Waals surface area contributed by atoms with Gasteiger partial charge in [0, 0.05) is 38.9 Å². The number of nitrogens with zero attached hydrogens (tertiary/aromatic N) is 4. The lowest BCUT2D eigenvalue weighted by Gasteiger charge is -2.32. The third-order valence-corrected chi connectivity index (χ3v) is 4.38. The number of imidazole rings is 1. The Morgan fingerprint density at radius 2 is 1.96 bits per heavy atom. The largest absolute Gasteiger partial charge is 0.349 e. The van der Waals surface area contributed by atoms with E-state index in [0.29, 0.717) is 44.2 Å². The first-order valence-corrected chi connectivity index (χ1v) is 8.75. The molecule has 8 heteroatoms. The number of rotatable bonds is 5. The molecule has 1 fully saturated rings. The highest BCUT2D eigenvalue weighted by atomic mass is 16.2. The van der Waals surface area contributed by atoms with E-state index in [4.69, 9.17) is 0 Å². The molecule has 0 aliphatic carbocycles. The van der Waals surface area contributed by atoms with E-state index >= 15 is 0 Å². The molecule has 3 amide bonds. The molecule has 1 N–H and O–H groups in total. The average molecular weight is 357 g/mol. The summed E-state index contributed by atoms with van der Waals surface area (Å²) in [6.07, 6.45) is 2.53. The summed E-state index contributed by atoms with van der Waals surface area (Å²) in [6.45, 7) is 6.48. The molecule has 26 heavy (non-hydrogen) atoms. The van der Waals surface area contributed by atoms with Crippen molar-refractivity contribution in [3.8, 4) is 0 Å². The van der Waals surface area contributed by atoms with Gasteiger partial charge in [-0.1, -0.05) is 19.9 Å². The lowest BCUT2D eigenvalue weighted by Crippen LogP contribution is -2.48. The van der Waals surface area contributed by atoms with Gasteiger partial charge in [-0.15, -0.1) is 0 Å². The zero-order valence-electron chi connectivity index (χ0n) is 15.0. The molecule has 0 saturated carbocycles. The molecule has 0 spiro atoms. The van der Waals surface area contributed by atoms with Crippen LogP contribution in [0, 0.1) is 5.92 Å². The van der Waals surface area contributed by atoms with Crippen molar-refractivity contribution in [1.82, 2.24) is 24.5 Å². The van der Waals surface area contributed by atoms with Gasteiger partial charge in [0.25, 0.3) is 11.8 Å². The molecule has 1 aliphatic rings. The predicted molar refractivity (Wildman–Crippen MR) is 95.9 cm³/mol. The van der Waals surface area contributed by atoms with Gasteiger partial charge in [0.15, 0.2) is 5.69 Å². The van der Waals surface area contributed by atoms with E-state index in [2.05, 4.69) is 10.3 Å². The second-order valence-corrected chi connectivity index (χ2v) is 6.78. The number of hydrogen-bond donors (Lipinski definition) is 1. The van der Waals surface area contributed by atoms with Gasteiger partial charge in [0.1, 0.15) is 0 Å². The highest BCUT2D eigenvalue weighted by Crippen LogP contribution is 2.16. The zero-order chi connectivity index (χ0) is 18.7. The number of aromatic nitrogens is 2. The van der Waals surface area contributed by atoms with Crippen LogP contribution in [-0.2, 0) is 4.79 Å². The van der Waals surface area contributed by atoms with E-state index in [1.807, 2.05) is 19.9 Å². The minimum Gasteiger partial charge on any atom is -0.349 e. The highest BCUT2D eigenvalue weighted by molar-refractivity contribution is 6.02. The van der Waals surface area contributed by atoms with Crippen LogP contribution in [0.15, 0.2) is 24.4 Å². The SMILES string of the molecule is CC(C)CNC(=O)c1nc(C(=O)N2CCN(C=O)CC2)c2ccccn12. The summed E-state index contributed by atoms with van der Waals surface area (Å²) >= 11 is 0. The Morgan fingerprint density at radius 3 is 2.62 bits per heavy atom. The monoisotopic (exact) mass is 357 g/mol. The van der Waals surface area contributed by atoms with E-state index in [-0.39, 0.29) is 23.3 Å². The molecule has 2 aromatic heterocycles. The lowest BCUT2D eigenvalue weighted by atomic mass is 10.2. The quantitative estimate of drug-likeness (QED) is 0.796. The Balaban J connectivity index is 1.88. The third kappa shape index (κ3) is 3.54. The second-order valence-electron chi connectivity index (χ2n) is 6.78. The number of hydrogen-bond acceptors (Lipinski definition) is 4. The van der Waals surface area contributed by atoms with E-state index in [1.165, 1.54) is 0 Å². The van der Waals surface area contributed by atoms with Crippen molar-refractivity contribution in [3.63, 3.8) is 0 Å². The Hall–Kier alpha value is -2.90. The van der Waals surface area contributed by atoms with Crippen molar-refractivity contribution < 1.29 is 14.4 Å². The molecular weight excluding hydrogens is 334 g/mol. The van der Waals surface area contributed by atoms with Crippen LogP contribution < -0.4 is 5.32 Å². The molecule has 0 aromatic carbocycles. The molecule has 3 rings (SSSR count). The number of carbonyl (C=O) groups excluding carboxylic acids is 3. The van der Waals surface area contributed by atoms with Gasteiger partial charge in [0.05, 0.1) is 5.52 Å². The highest BCUT2D eigenvalue weighted by Gasteiger charge is 2.27. The van der Waals surface area contributed by atoms with Gasteiger partial charge < -0.3 is 15.1 Å². The Labute approximate surface area is 151 Å². The molecule has 0 atom stereocenters. The van der Waals surface area contributed by atoms with Crippen LogP contribution in [0.2, 0.25) is 0 Å². The summed E-state index contributed by atoms with van der Waals surface area (Å²) in [4.78, 5) is 43.9. The molecular formula is C18H23N5O3. The molecule has 0 bridgehead atoms. The molecule has 1 saturated heterocycles. The smallest absolute Gasteiger partial charge is 0.287 e. The Kier molecular flexibility index (Phi) is 5.20. The lowest BCUT2D eigenvalue weighted by molar-refractivity contribution is -0.119. The van der Waals surface area contributed by atoms with Gasteiger partial charge in [0.2, 0.25) is 12.2 Å². The van der Waals surface area contributed by atoms with Gasteiger partial charge in [-0.05, 0) is 18.1 Å². The van der Waals surface area contributed by atoms with Crippen molar-refractivity contribution >= 4 is 23.7 Å². The van der Waals surface area contributed by atoms with Crippen molar-refractivity contribution in [3.05, 3.63) is 35.9 Å². The minimum atomic E-state index is -0.301. The molecule has 0 radical (unpaired) electrons. The minimum absolute atomic E-state index is 0.205. The summed E-state index contributed by atoms with van der Waals surface area (Å²) in [6, 6.07) is 5.39. The van der Waals surface area contributed by atoms with Crippen molar-refractivity contribution in [1.29, 1.82) is 0 Å². The molecule has 3 heterocycles. The summed E-state index contributed by atoms with van der Waals surface area (Å²) in [7, 11) is 0. The molecule has 1 aliphatic heterocycles.